The monoisotopic (exact) mass is 393 g/mol. The molecule has 0 unspecified atom stereocenters. The van der Waals surface area contributed by atoms with Gasteiger partial charge in [-0.3, -0.25) is 4.79 Å². The van der Waals surface area contributed by atoms with Gasteiger partial charge in [-0.2, -0.15) is 13.2 Å². The van der Waals surface area contributed by atoms with Crippen molar-refractivity contribution in [3.63, 3.8) is 0 Å². The second-order valence-corrected chi connectivity index (χ2v) is 6.60. The number of carbonyl (C=O) groups excluding carboxylic acids is 1. The van der Waals surface area contributed by atoms with E-state index in [-0.39, 0.29) is 18.0 Å². The van der Waals surface area contributed by atoms with Gasteiger partial charge in [0, 0.05) is 10.9 Å². The van der Waals surface area contributed by atoms with Crippen molar-refractivity contribution in [2.75, 3.05) is 5.32 Å². The third-order valence-electron chi connectivity index (χ3n) is 3.43. The molecule has 5 nitrogen and oxygen atoms in total. The first-order valence-corrected chi connectivity index (χ1v) is 8.69. The lowest BCUT2D eigenvalue weighted by atomic mass is 10.2. The van der Waals surface area contributed by atoms with Crippen LogP contribution in [0, 0.1) is 6.92 Å². The highest BCUT2D eigenvalue weighted by atomic mass is 32.1. The lowest BCUT2D eigenvalue weighted by Crippen LogP contribution is -2.15. The third kappa shape index (κ3) is 5.04. The quantitative estimate of drug-likeness (QED) is 0.683. The highest BCUT2D eigenvalue weighted by molar-refractivity contribution is 7.09. The zero-order valence-electron chi connectivity index (χ0n) is 14.1. The van der Waals surface area contributed by atoms with Gasteiger partial charge in [0.1, 0.15) is 23.9 Å². The number of aryl methyl sites for hydroxylation is 1. The molecule has 2 heterocycles. The number of ether oxygens (including phenoxy) is 1. The molecule has 0 spiro atoms. The van der Waals surface area contributed by atoms with E-state index < -0.39 is 17.8 Å². The third-order valence-corrected chi connectivity index (χ3v) is 4.25. The molecule has 0 fully saturated rings. The van der Waals surface area contributed by atoms with Crippen LogP contribution >= 0.6 is 11.3 Å². The number of rotatable bonds is 5. The summed E-state index contributed by atoms with van der Waals surface area (Å²) in [6.45, 7) is 2.14. The Balaban J connectivity index is 1.68. The minimum Gasteiger partial charge on any atom is -0.487 e. The number of nitrogens with one attached hydrogen (secondary N) is 1. The maximum absolute atomic E-state index is 12.7. The van der Waals surface area contributed by atoms with E-state index in [1.807, 2.05) is 12.3 Å². The number of hydrogen-bond donors (Lipinski definition) is 1. The Labute approximate surface area is 156 Å². The van der Waals surface area contributed by atoms with Gasteiger partial charge in [-0.25, -0.2) is 9.97 Å². The molecule has 1 N–H and O–H groups in total. The molecule has 0 saturated carbocycles. The Bertz CT molecular complexity index is 957. The number of halogens is 3. The molecule has 0 radical (unpaired) electrons. The van der Waals surface area contributed by atoms with Gasteiger partial charge in [-0.05, 0) is 37.3 Å². The van der Waals surface area contributed by atoms with Crippen molar-refractivity contribution in [2.24, 2.45) is 0 Å². The number of thiazole rings is 1. The zero-order valence-corrected chi connectivity index (χ0v) is 14.9. The number of hydrogen-bond acceptors (Lipinski definition) is 5. The van der Waals surface area contributed by atoms with Gasteiger partial charge in [-0.1, -0.05) is 12.1 Å². The van der Waals surface area contributed by atoms with Crippen molar-refractivity contribution in [2.45, 2.75) is 19.7 Å². The molecule has 0 bridgehead atoms. The molecule has 0 atom stereocenters. The molecule has 2 aromatic heterocycles. The summed E-state index contributed by atoms with van der Waals surface area (Å²) in [5, 5.41) is 5.17. The van der Waals surface area contributed by atoms with Crippen LogP contribution in [0.1, 0.15) is 26.8 Å². The minimum atomic E-state index is -4.58. The first-order valence-electron chi connectivity index (χ1n) is 7.81. The molecular formula is C18H14F3N3O2S. The van der Waals surface area contributed by atoms with E-state index >= 15 is 0 Å². The summed E-state index contributed by atoms with van der Waals surface area (Å²) in [7, 11) is 0. The van der Waals surface area contributed by atoms with Gasteiger partial charge in [0.2, 0.25) is 0 Å². The fourth-order valence-corrected chi connectivity index (χ4v) is 2.81. The summed E-state index contributed by atoms with van der Waals surface area (Å²) in [4.78, 5) is 20.0. The summed E-state index contributed by atoms with van der Waals surface area (Å²) < 4.78 is 43.7. The van der Waals surface area contributed by atoms with Gasteiger partial charge in [0.15, 0.2) is 0 Å². The van der Waals surface area contributed by atoms with Crippen LogP contribution in [0.2, 0.25) is 0 Å². The van der Waals surface area contributed by atoms with Crippen molar-refractivity contribution < 1.29 is 22.7 Å². The van der Waals surface area contributed by atoms with Gasteiger partial charge in [0.25, 0.3) is 5.91 Å². The summed E-state index contributed by atoms with van der Waals surface area (Å²) in [6.07, 6.45) is -4.58. The minimum absolute atomic E-state index is 0.181. The van der Waals surface area contributed by atoms with Crippen LogP contribution in [0.15, 0.2) is 47.8 Å². The van der Waals surface area contributed by atoms with Crippen LogP contribution in [-0.2, 0) is 12.8 Å². The Morgan fingerprint density at radius 2 is 1.96 bits per heavy atom. The number of benzene rings is 1. The van der Waals surface area contributed by atoms with Crippen molar-refractivity contribution in [1.29, 1.82) is 0 Å². The maximum atomic E-state index is 12.7. The predicted octanol–water partition coefficient (Wildman–Crippen LogP) is 4.70. The van der Waals surface area contributed by atoms with Crippen molar-refractivity contribution in [1.82, 2.24) is 9.97 Å². The average molecular weight is 393 g/mol. The highest BCUT2D eigenvalue weighted by Crippen LogP contribution is 2.28. The Morgan fingerprint density at radius 3 is 2.67 bits per heavy atom. The van der Waals surface area contributed by atoms with Gasteiger partial charge in [0.05, 0.1) is 10.7 Å². The second-order valence-electron chi connectivity index (χ2n) is 5.53. The van der Waals surface area contributed by atoms with E-state index in [4.69, 9.17) is 4.74 Å². The number of pyridine rings is 1. The van der Waals surface area contributed by atoms with Crippen LogP contribution < -0.4 is 10.1 Å². The van der Waals surface area contributed by atoms with Crippen LogP contribution in [0.4, 0.5) is 19.0 Å². The van der Waals surface area contributed by atoms with E-state index in [0.29, 0.717) is 5.75 Å². The fourth-order valence-electron chi connectivity index (χ4n) is 2.21. The van der Waals surface area contributed by atoms with Crippen molar-refractivity contribution >= 4 is 23.1 Å². The molecule has 0 aliphatic carbocycles. The highest BCUT2D eigenvalue weighted by Gasteiger charge is 2.32. The van der Waals surface area contributed by atoms with E-state index in [1.165, 1.54) is 35.6 Å². The first kappa shape index (κ1) is 18.8. The molecule has 0 saturated heterocycles. The summed E-state index contributed by atoms with van der Waals surface area (Å²) >= 11 is 1.51. The van der Waals surface area contributed by atoms with Crippen LogP contribution in [0.25, 0.3) is 0 Å². The smallest absolute Gasteiger partial charge is 0.433 e. The fraction of sp³-hybridized carbons (Fsp3) is 0.167. The zero-order chi connectivity index (χ0) is 19.4. The van der Waals surface area contributed by atoms with Crippen molar-refractivity contribution in [3.8, 4) is 5.75 Å². The number of alkyl halides is 3. The normalized spacial score (nSPS) is 11.3. The number of aromatic nitrogens is 2. The lowest BCUT2D eigenvalue weighted by molar-refractivity contribution is -0.141. The van der Waals surface area contributed by atoms with Gasteiger partial charge >= 0.3 is 6.18 Å². The molecule has 27 heavy (non-hydrogen) atoms. The second kappa shape index (κ2) is 7.75. The van der Waals surface area contributed by atoms with E-state index in [1.54, 1.807) is 12.1 Å². The Hall–Kier alpha value is -2.94. The molecular weight excluding hydrogens is 379 g/mol. The average Bonchev–Trinajstić information content (AvgIpc) is 3.05. The van der Waals surface area contributed by atoms with Gasteiger partial charge in [-0.15, -0.1) is 11.3 Å². The number of carbonyl (C=O) groups is 1. The predicted molar refractivity (Wildman–Crippen MR) is 94.8 cm³/mol. The van der Waals surface area contributed by atoms with E-state index in [2.05, 4.69) is 15.3 Å². The Morgan fingerprint density at radius 1 is 1.19 bits per heavy atom. The van der Waals surface area contributed by atoms with Gasteiger partial charge < -0.3 is 10.1 Å². The summed E-state index contributed by atoms with van der Waals surface area (Å²) in [5.74, 6) is -0.318. The molecule has 0 aliphatic rings. The molecule has 140 valence electrons. The summed E-state index contributed by atoms with van der Waals surface area (Å²) in [6, 6.07) is 9.64. The maximum Gasteiger partial charge on any atom is 0.433 e. The molecule has 1 aromatic carbocycles. The standard InChI is InChI=1S/C18H14F3N3O2S/c1-11-22-13(10-27-11)9-26-14-5-2-4-12(8-14)17(25)24-16-7-3-6-15(23-16)18(19,20)21/h2-8,10H,9H2,1H3,(H,23,24,25). The SMILES string of the molecule is Cc1nc(COc2cccc(C(=O)Nc3cccc(C(F)(F)F)n3)c2)cs1. The van der Waals surface area contributed by atoms with Crippen LogP contribution in [-0.4, -0.2) is 15.9 Å². The molecule has 3 aromatic rings. The molecule has 0 aliphatic heterocycles. The molecule has 1 amide bonds. The molecule has 3 rings (SSSR count). The van der Waals surface area contributed by atoms with E-state index in [0.717, 1.165) is 16.8 Å². The van der Waals surface area contributed by atoms with Crippen LogP contribution in [0.3, 0.4) is 0 Å². The Kier molecular flexibility index (Phi) is 5.41. The summed E-state index contributed by atoms with van der Waals surface area (Å²) in [5.41, 5.74) is -0.0577. The number of amides is 1. The first-order chi connectivity index (χ1) is 12.8. The topological polar surface area (TPSA) is 64.1 Å². The number of nitrogens with zero attached hydrogens (tertiary/aromatic N) is 2. The van der Waals surface area contributed by atoms with Crippen LogP contribution in [0.5, 0.6) is 5.75 Å². The molecule has 9 heteroatoms. The largest absolute Gasteiger partial charge is 0.487 e. The lowest BCUT2D eigenvalue weighted by Gasteiger charge is -2.10. The van der Waals surface area contributed by atoms with Crippen molar-refractivity contribution in [3.05, 3.63) is 69.8 Å². The van der Waals surface area contributed by atoms with E-state index in [9.17, 15) is 18.0 Å². The number of anilines is 1.